The smallest absolute Gasteiger partial charge is 0.0328 e. The number of nitrogens with zero attached hydrogens (tertiary/aromatic N) is 1. The highest BCUT2D eigenvalue weighted by molar-refractivity contribution is 7.07. The summed E-state index contributed by atoms with van der Waals surface area (Å²) < 4.78 is 0. The van der Waals surface area contributed by atoms with E-state index in [1.807, 2.05) is 0 Å². The van der Waals surface area contributed by atoms with E-state index in [1.165, 1.54) is 38.0 Å². The summed E-state index contributed by atoms with van der Waals surface area (Å²) in [5.74, 6) is 0.729. The number of hydrogen-bond acceptors (Lipinski definition) is 3. The molecule has 1 aliphatic heterocycles. The lowest BCUT2D eigenvalue weighted by Gasteiger charge is -2.32. The first-order valence-corrected chi connectivity index (χ1v) is 8.10. The molecule has 2 heterocycles. The van der Waals surface area contributed by atoms with Gasteiger partial charge in [-0.2, -0.15) is 11.3 Å². The Morgan fingerprint density at radius 1 is 1.44 bits per heavy atom. The molecule has 0 aromatic carbocycles. The van der Waals surface area contributed by atoms with E-state index in [0.29, 0.717) is 12.1 Å². The molecule has 18 heavy (non-hydrogen) atoms. The molecule has 1 saturated heterocycles. The van der Waals surface area contributed by atoms with E-state index in [-0.39, 0.29) is 0 Å². The standard InChI is InChI=1S/C15H26N2S/c1-12(2)9-17(10-15-5-4-7-16-15)13(3)14-6-8-18-11-14/h6,8,11-13,15-16H,4-5,7,9-10H2,1-3H3. The molecule has 0 bridgehead atoms. The van der Waals surface area contributed by atoms with Crippen LogP contribution in [0.5, 0.6) is 0 Å². The molecule has 0 spiro atoms. The predicted molar refractivity (Wildman–Crippen MR) is 80.2 cm³/mol. The number of rotatable bonds is 6. The topological polar surface area (TPSA) is 15.3 Å². The lowest BCUT2D eigenvalue weighted by molar-refractivity contribution is 0.172. The number of nitrogens with one attached hydrogen (secondary N) is 1. The van der Waals surface area contributed by atoms with Crippen LogP contribution in [0.25, 0.3) is 0 Å². The van der Waals surface area contributed by atoms with Gasteiger partial charge in [-0.1, -0.05) is 13.8 Å². The normalized spacial score (nSPS) is 21.9. The molecular weight excluding hydrogens is 240 g/mol. The van der Waals surface area contributed by atoms with Crippen molar-refractivity contribution in [1.29, 1.82) is 0 Å². The fourth-order valence-electron chi connectivity index (χ4n) is 2.78. The summed E-state index contributed by atoms with van der Waals surface area (Å²) in [6, 6.07) is 3.51. The highest BCUT2D eigenvalue weighted by atomic mass is 32.1. The Bertz CT molecular complexity index is 328. The van der Waals surface area contributed by atoms with E-state index in [0.717, 1.165) is 5.92 Å². The number of thiophene rings is 1. The van der Waals surface area contributed by atoms with Crippen LogP contribution in [0.3, 0.4) is 0 Å². The Balaban J connectivity index is 1.99. The fourth-order valence-corrected chi connectivity index (χ4v) is 3.53. The highest BCUT2D eigenvalue weighted by Gasteiger charge is 2.23. The average molecular weight is 266 g/mol. The summed E-state index contributed by atoms with van der Waals surface area (Å²) in [6.45, 7) is 10.6. The van der Waals surface area contributed by atoms with Gasteiger partial charge in [0, 0.05) is 25.2 Å². The molecule has 2 rings (SSSR count). The van der Waals surface area contributed by atoms with Crippen molar-refractivity contribution in [3.63, 3.8) is 0 Å². The van der Waals surface area contributed by atoms with Gasteiger partial charge in [-0.15, -0.1) is 0 Å². The van der Waals surface area contributed by atoms with Crippen LogP contribution < -0.4 is 5.32 Å². The van der Waals surface area contributed by atoms with Crippen molar-refractivity contribution in [3.05, 3.63) is 22.4 Å². The van der Waals surface area contributed by atoms with Crippen molar-refractivity contribution in [2.45, 2.75) is 45.7 Å². The van der Waals surface area contributed by atoms with Gasteiger partial charge in [-0.25, -0.2) is 0 Å². The molecule has 2 nitrogen and oxygen atoms in total. The van der Waals surface area contributed by atoms with E-state index in [1.54, 1.807) is 11.3 Å². The van der Waals surface area contributed by atoms with Crippen molar-refractivity contribution in [2.75, 3.05) is 19.6 Å². The molecule has 1 aromatic rings. The second-order valence-electron chi connectivity index (χ2n) is 5.87. The third-order valence-corrected chi connectivity index (χ3v) is 4.49. The van der Waals surface area contributed by atoms with Crippen molar-refractivity contribution >= 4 is 11.3 Å². The Hall–Kier alpha value is -0.380. The van der Waals surface area contributed by atoms with Crippen molar-refractivity contribution in [2.24, 2.45) is 5.92 Å². The predicted octanol–water partition coefficient (Wildman–Crippen LogP) is 3.52. The molecule has 0 amide bonds. The second-order valence-corrected chi connectivity index (χ2v) is 6.65. The zero-order chi connectivity index (χ0) is 13.0. The summed E-state index contributed by atoms with van der Waals surface area (Å²) in [5, 5.41) is 8.10. The summed E-state index contributed by atoms with van der Waals surface area (Å²) in [6.07, 6.45) is 2.68. The third-order valence-electron chi connectivity index (χ3n) is 3.79. The average Bonchev–Trinajstić information content (AvgIpc) is 2.99. The van der Waals surface area contributed by atoms with Gasteiger partial charge < -0.3 is 5.32 Å². The van der Waals surface area contributed by atoms with Crippen molar-refractivity contribution in [1.82, 2.24) is 10.2 Å². The first-order valence-electron chi connectivity index (χ1n) is 7.16. The molecule has 1 aliphatic rings. The molecule has 3 heteroatoms. The largest absolute Gasteiger partial charge is 0.313 e. The molecule has 1 aromatic heterocycles. The van der Waals surface area contributed by atoms with Crippen LogP contribution in [0, 0.1) is 5.92 Å². The van der Waals surface area contributed by atoms with Gasteiger partial charge in [-0.3, -0.25) is 4.90 Å². The van der Waals surface area contributed by atoms with E-state index in [4.69, 9.17) is 0 Å². The van der Waals surface area contributed by atoms with Crippen LogP contribution in [0.4, 0.5) is 0 Å². The van der Waals surface area contributed by atoms with E-state index < -0.39 is 0 Å². The third kappa shape index (κ3) is 3.81. The Morgan fingerprint density at radius 2 is 2.28 bits per heavy atom. The summed E-state index contributed by atoms with van der Waals surface area (Å²) in [4.78, 5) is 2.65. The van der Waals surface area contributed by atoms with Crippen LogP contribution in [0.1, 0.15) is 45.2 Å². The molecular formula is C15H26N2S. The van der Waals surface area contributed by atoms with Crippen LogP contribution >= 0.6 is 11.3 Å². The van der Waals surface area contributed by atoms with Crippen molar-refractivity contribution < 1.29 is 0 Å². The molecule has 0 aliphatic carbocycles. The lowest BCUT2D eigenvalue weighted by Crippen LogP contribution is -2.40. The van der Waals surface area contributed by atoms with E-state index >= 15 is 0 Å². The molecule has 0 radical (unpaired) electrons. The minimum absolute atomic E-state index is 0.543. The Labute approximate surface area is 115 Å². The van der Waals surface area contributed by atoms with Crippen LogP contribution in [-0.2, 0) is 0 Å². The number of hydrogen-bond donors (Lipinski definition) is 1. The van der Waals surface area contributed by atoms with Gasteiger partial charge in [0.1, 0.15) is 0 Å². The zero-order valence-corrected chi connectivity index (χ0v) is 12.7. The van der Waals surface area contributed by atoms with Gasteiger partial charge >= 0.3 is 0 Å². The van der Waals surface area contributed by atoms with Gasteiger partial charge in [0.05, 0.1) is 0 Å². The quantitative estimate of drug-likeness (QED) is 0.847. The molecule has 102 valence electrons. The van der Waals surface area contributed by atoms with E-state index in [9.17, 15) is 0 Å². The van der Waals surface area contributed by atoms with E-state index in [2.05, 4.69) is 47.8 Å². The van der Waals surface area contributed by atoms with Gasteiger partial charge in [0.25, 0.3) is 0 Å². The highest BCUT2D eigenvalue weighted by Crippen LogP contribution is 2.24. The lowest BCUT2D eigenvalue weighted by atomic mass is 10.1. The molecule has 2 unspecified atom stereocenters. The molecule has 1 fully saturated rings. The minimum atomic E-state index is 0.543. The van der Waals surface area contributed by atoms with Crippen LogP contribution in [0.2, 0.25) is 0 Å². The Kier molecular flexibility index (Phi) is 5.22. The van der Waals surface area contributed by atoms with Gasteiger partial charge in [0.2, 0.25) is 0 Å². The maximum atomic E-state index is 3.62. The van der Waals surface area contributed by atoms with Crippen LogP contribution in [-0.4, -0.2) is 30.6 Å². The fraction of sp³-hybridized carbons (Fsp3) is 0.733. The molecule has 2 atom stereocenters. The van der Waals surface area contributed by atoms with Crippen molar-refractivity contribution in [3.8, 4) is 0 Å². The Morgan fingerprint density at radius 3 is 2.83 bits per heavy atom. The molecule has 1 N–H and O–H groups in total. The zero-order valence-electron chi connectivity index (χ0n) is 11.9. The van der Waals surface area contributed by atoms with Gasteiger partial charge in [-0.05, 0) is 54.6 Å². The first-order chi connectivity index (χ1) is 8.66. The summed E-state index contributed by atoms with van der Waals surface area (Å²) >= 11 is 1.80. The summed E-state index contributed by atoms with van der Waals surface area (Å²) in [5.41, 5.74) is 1.47. The molecule has 0 saturated carbocycles. The SMILES string of the molecule is CC(C)CN(CC1CCCN1)C(C)c1ccsc1. The second kappa shape index (κ2) is 6.69. The maximum Gasteiger partial charge on any atom is 0.0328 e. The summed E-state index contributed by atoms with van der Waals surface area (Å²) in [7, 11) is 0. The van der Waals surface area contributed by atoms with Gasteiger partial charge in [0.15, 0.2) is 0 Å². The first kappa shape index (κ1) is 14.0. The maximum absolute atomic E-state index is 3.62. The minimum Gasteiger partial charge on any atom is -0.313 e. The monoisotopic (exact) mass is 266 g/mol. The van der Waals surface area contributed by atoms with Crippen LogP contribution in [0.15, 0.2) is 16.8 Å².